The standard InChI is InChI=1S/C25H31N3O2/c26-23-8-3-7-22(17-23)25(30)21-12-9-19(10-13-21)5-1-2-16-28-24(29)14-11-20-6-4-15-27-18-20/h3-4,6-8,11,14-15,17-19,21H,1-2,5,9-10,12-13,16,26H2,(H,28,29)/b14-11+. The van der Waals surface area contributed by atoms with E-state index in [1.165, 1.54) is 6.42 Å². The molecule has 3 rings (SSSR count). The molecule has 158 valence electrons. The van der Waals surface area contributed by atoms with Crippen molar-refractivity contribution in [3.8, 4) is 0 Å². The molecule has 1 amide bonds. The van der Waals surface area contributed by atoms with Crippen LogP contribution in [0.3, 0.4) is 0 Å². The summed E-state index contributed by atoms with van der Waals surface area (Å²) in [5.74, 6) is 0.993. The lowest BCUT2D eigenvalue weighted by atomic mass is 9.77. The number of pyridine rings is 1. The summed E-state index contributed by atoms with van der Waals surface area (Å²) in [5, 5.41) is 2.93. The average molecular weight is 406 g/mol. The minimum atomic E-state index is -0.0700. The second kappa shape index (κ2) is 11.3. The summed E-state index contributed by atoms with van der Waals surface area (Å²) >= 11 is 0. The molecule has 1 heterocycles. The number of hydrogen-bond acceptors (Lipinski definition) is 4. The van der Waals surface area contributed by atoms with Crippen LogP contribution in [0.1, 0.15) is 60.9 Å². The molecule has 1 aliphatic rings. The van der Waals surface area contributed by atoms with E-state index in [1.54, 1.807) is 30.6 Å². The van der Waals surface area contributed by atoms with Gasteiger partial charge in [-0.05, 0) is 67.9 Å². The van der Waals surface area contributed by atoms with Gasteiger partial charge in [-0.1, -0.05) is 31.0 Å². The number of amides is 1. The number of ketones is 1. The molecule has 0 radical (unpaired) electrons. The van der Waals surface area contributed by atoms with E-state index in [9.17, 15) is 9.59 Å². The monoisotopic (exact) mass is 405 g/mol. The van der Waals surface area contributed by atoms with Crippen LogP contribution in [0.2, 0.25) is 0 Å². The third-order valence-corrected chi connectivity index (χ3v) is 5.84. The minimum absolute atomic E-state index is 0.0700. The van der Waals surface area contributed by atoms with Gasteiger partial charge >= 0.3 is 0 Å². The largest absolute Gasteiger partial charge is 0.399 e. The first kappa shape index (κ1) is 21.8. The highest BCUT2D eigenvalue weighted by Gasteiger charge is 2.26. The van der Waals surface area contributed by atoms with Crippen molar-refractivity contribution < 1.29 is 9.59 Å². The van der Waals surface area contributed by atoms with E-state index in [0.717, 1.165) is 49.7 Å². The predicted octanol–water partition coefficient (Wildman–Crippen LogP) is 4.65. The summed E-state index contributed by atoms with van der Waals surface area (Å²) < 4.78 is 0. The lowest BCUT2D eigenvalue weighted by Gasteiger charge is -2.27. The maximum atomic E-state index is 12.7. The summed E-state index contributed by atoms with van der Waals surface area (Å²) in [5.41, 5.74) is 8.11. The van der Waals surface area contributed by atoms with Crippen molar-refractivity contribution in [2.75, 3.05) is 12.3 Å². The molecule has 5 nitrogen and oxygen atoms in total. The number of nitrogens with two attached hydrogens (primary N) is 1. The Bertz CT molecular complexity index is 856. The zero-order valence-electron chi connectivity index (χ0n) is 17.4. The van der Waals surface area contributed by atoms with Crippen LogP contribution < -0.4 is 11.1 Å². The fourth-order valence-corrected chi connectivity index (χ4v) is 4.12. The summed E-state index contributed by atoms with van der Waals surface area (Å²) in [4.78, 5) is 28.5. The first-order chi connectivity index (χ1) is 14.6. The first-order valence-electron chi connectivity index (χ1n) is 10.9. The molecule has 3 N–H and O–H groups in total. The second-order valence-corrected chi connectivity index (χ2v) is 8.11. The van der Waals surface area contributed by atoms with E-state index in [4.69, 9.17) is 5.73 Å². The van der Waals surface area contributed by atoms with Gasteiger partial charge in [0.2, 0.25) is 5.91 Å². The van der Waals surface area contributed by atoms with Crippen molar-refractivity contribution in [2.24, 2.45) is 11.8 Å². The number of nitrogen functional groups attached to an aromatic ring is 1. The molecule has 1 saturated carbocycles. The van der Waals surface area contributed by atoms with Crippen molar-refractivity contribution in [1.82, 2.24) is 10.3 Å². The third-order valence-electron chi connectivity index (χ3n) is 5.84. The highest BCUT2D eigenvalue weighted by atomic mass is 16.1. The molecular weight excluding hydrogens is 374 g/mol. The Morgan fingerprint density at radius 2 is 1.93 bits per heavy atom. The van der Waals surface area contributed by atoms with Crippen LogP contribution in [0.5, 0.6) is 0 Å². The number of carbonyl (C=O) groups excluding carboxylic acids is 2. The van der Waals surface area contributed by atoms with Gasteiger partial charge < -0.3 is 11.1 Å². The summed E-state index contributed by atoms with van der Waals surface area (Å²) in [6.07, 6.45) is 14.2. The Hall–Kier alpha value is -2.95. The second-order valence-electron chi connectivity index (χ2n) is 8.11. The summed E-state index contributed by atoms with van der Waals surface area (Å²) in [6, 6.07) is 11.1. The molecule has 0 saturated heterocycles. The number of anilines is 1. The molecule has 0 unspecified atom stereocenters. The lowest BCUT2D eigenvalue weighted by Crippen LogP contribution is -2.23. The quantitative estimate of drug-likeness (QED) is 0.275. The summed E-state index contributed by atoms with van der Waals surface area (Å²) in [7, 11) is 0. The van der Waals surface area contributed by atoms with Gasteiger partial charge in [-0.25, -0.2) is 0 Å². The van der Waals surface area contributed by atoms with Crippen LogP contribution in [0, 0.1) is 11.8 Å². The fourth-order valence-electron chi connectivity index (χ4n) is 4.12. The molecule has 1 aromatic heterocycles. The first-order valence-corrected chi connectivity index (χ1v) is 10.9. The van der Waals surface area contributed by atoms with Crippen molar-refractivity contribution in [1.29, 1.82) is 0 Å². The zero-order chi connectivity index (χ0) is 21.2. The molecule has 0 atom stereocenters. The number of unbranched alkanes of at least 4 members (excludes halogenated alkanes) is 1. The Balaban J connectivity index is 1.28. The third kappa shape index (κ3) is 6.83. The van der Waals surface area contributed by atoms with Crippen molar-refractivity contribution in [3.05, 3.63) is 66.0 Å². The van der Waals surface area contributed by atoms with Gasteiger partial charge in [-0.15, -0.1) is 0 Å². The molecule has 0 aliphatic heterocycles. The minimum Gasteiger partial charge on any atom is -0.399 e. The highest BCUT2D eigenvalue weighted by molar-refractivity contribution is 5.98. The molecule has 5 heteroatoms. The van der Waals surface area contributed by atoms with Gasteiger partial charge in [0.15, 0.2) is 5.78 Å². The number of carbonyl (C=O) groups is 2. The molecule has 2 aromatic rings. The Morgan fingerprint density at radius 1 is 1.10 bits per heavy atom. The highest BCUT2D eigenvalue weighted by Crippen LogP contribution is 2.33. The molecule has 30 heavy (non-hydrogen) atoms. The topological polar surface area (TPSA) is 85.1 Å². The molecule has 1 fully saturated rings. The number of nitrogens with zero attached hydrogens (tertiary/aromatic N) is 1. The SMILES string of the molecule is Nc1cccc(C(=O)C2CCC(CCCCNC(=O)/C=C/c3cccnc3)CC2)c1. The Labute approximate surface area is 178 Å². The normalized spacial score (nSPS) is 18.9. The molecule has 0 spiro atoms. The van der Waals surface area contributed by atoms with E-state index in [1.807, 2.05) is 30.3 Å². The van der Waals surface area contributed by atoms with Crippen LogP contribution in [-0.4, -0.2) is 23.2 Å². The number of hydrogen-bond donors (Lipinski definition) is 2. The van der Waals surface area contributed by atoms with Crippen molar-refractivity contribution in [2.45, 2.75) is 44.9 Å². The van der Waals surface area contributed by atoms with Gasteiger partial charge in [0.25, 0.3) is 0 Å². The van der Waals surface area contributed by atoms with Gasteiger partial charge in [0, 0.05) is 42.2 Å². The van der Waals surface area contributed by atoms with Crippen molar-refractivity contribution >= 4 is 23.5 Å². The maximum absolute atomic E-state index is 12.7. The van der Waals surface area contributed by atoms with Crippen molar-refractivity contribution in [3.63, 3.8) is 0 Å². The molecule has 0 bridgehead atoms. The maximum Gasteiger partial charge on any atom is 0.243 e. The number of Topliss-reactive ketones (excluding diaryl/α,β-unsaturated/α-hetero) is 1. The van der Waals surface area contributed by atoms with Gasteiger partial charge in [0.05, 0.1) is 0 Å². The molecule has 1 aliphatic carbocycles. The van der Waals surface area contributed by atoms with Crippen LogP contribution in [0.4, 0.5) is 5.69 Å². The lowest BCUT2D eigenvalue weighted by molar-refractivity contribution is -0.116. The predicted molar refractivity (Wildman–Crippen MR) is 121 cm³/mol. The fraction of sp³-hybridized carbons (Fsp3) is 0.400. The van der Waals surface area contributed by atoms with E-state index < -0.39 is 0 Å². The molecule has 1 aromatic carbocycles. The Morgan fingerprint density at radius 3 is 2.67 bits per heavy atom. The van der Waals surface area contributed by atoms with E-state index >= 15 is 0 Å². The number of benzene rings is 1. The number of aromatic nitrogens is 1. The van der Waals surface area contributed by atoms with E-state index in [0.29, 0.717) is 18.2 Å². The van der Waals surface area contributed by atoms with Crippen LogP contribution in [0.15, 0.2) is 54.9 Å². The van der Waals surface area contributed by atoms with Crippen LogP contribution in [0.25, 0.3) is 6.08 Å². The Kier molecular flexibility index (Phi) is 8.19. The number of nitrogens with one attached hydrogen (secondary N) is 1. The van der Waals surface area contributed by atoms with Gasteiger partial charge in [0.1, 0.15) is 0 Å². The smallest absolute Gasteiger partial charge is 0.243 e. The molecular formula is C25H31N3O2. The zero-order valence-corrected chi connectivity index (χ0v) is 17.4. The average Bonchev–Trinajstić information content (AvgIpc) is 2.78. The number of rotatable bonds is 9. The van der Waals surface area contributed by atoms with Gasteiger partial charge in [-0.3, -0.25) is 14.6 Å². The summed E-state index contributed by atoms with van der Waals surface area (Å²) in [6.45, 7) is 0.694. The van der Waals surface area contributed by atoms with E-state index in [2.05, 4.69) is 10.3 Å². The van der Waals surface area contributed by atoms with E-state index in [-0.39, 0.29) is 17.6 Å². The van der Waals surface area contributed by atoms with Crippen LogP contribution in [-0.2, 0) is 4.79 Å². The van der Waals surface area contributed by atoms with Crippen LogP contribution >= 0.6 is 0 Å². The van der Waals surface area contributed by atoms with Gasteiger partial charge in [-0.2, -0.15) is 0 Å².